The van der Waals surface area contributed by atoms with Gasteiger partial charge < -0.3 is 4.57 Å². The average Bonchev–Trinajstić information content (AvgIpc) is 3.23. The zero-order valence-electron chi connectivity index (χ0n) is 15.3. The van der Waals surface area contributed by atoms with E-state index in [1.54, 1.807) is 35.5 Å². The monoisotopic (exact) mass is 454 g/mol. The molecule has 0 N–H and O–H groups in total. The first-order valence-corrected chi connectivity index (χ1v) is 10.8. The number of thiazole rings is 1. The summed E-state index contributed by atoms with van der Waals surface area (Å²) in [7, 11) is 1.75. The van der Waals surface area contributed by atoms with Crippen LogP contribution in [0.4, 0.5) is 13.2 Å². The Morgan fingerprint density at radius 3 is 2.55 bits per heavy atom. The summed E-state index contributed by atoms with van der Waals surface area (Å²) >= 11 is 9.12. The summed E-state index contributed by atoms with van der Waals surface area (Å²) in [6.07, 6.45) is -3.31. The van der Waals surface area contributed by atoms with Gasteiger partial charge in [-0.15, -0.1) is 23.1 Å². The molecule has 0 saturated heterocycles. The third kappa shape index (κ3) is 3.86. The van der Waals surface area contributed by atoms with Gasteiger partial charge in [0, 0.05) is 17.6 Å². The molecule has 10 heteroatoms. The van der Waals surface area contributed by atoms with E-state index in [0.29, 0.717) is 22.1 Å². The molecule has 4 aromatic rings. The lowest BCUT2D eigenvalue weighted by atomic mass is 10.2. The summed E-state index contributed by atoms with van der Waals surface area (Å²) in [6.45, 7) is 2.03. The number of thioether (sulfide) groups is 1. The third-order valence-electron chi connectivity index (χ3n) is 4.23. The molecule has 4 rings (SSSR count). The molecular weight excluding hydrogens is 441 g/mol. The van der Waals surface area contributed by atoms with Gasteiger partial charge in [-0.25, -0.2) is 15.0 Å². The van der Waals surface area contributed by atoms with E-state index in [-0.39, 0.29) is 5.52 Å². The molecule has 0 spiro atoms. The number of fused-ring (bicyclic) bond motifs is 1. The zero-order chi connectivity index (χ0) is 20.8. The van der Waals surface area contributed by atoms with Crippen molar-refractivity contribution >= 4 is 45.7 Å². The largest absolute Gasteiger partial charge is 0.433 e. The Hall–Kier alpha value is -2.10. The van der Waals surface area contributed by atoms with E-state index in [0.717, 1.165) is 26.6 Å². The second-order valence-corrected chi connectivity index (χ2v) is 9.11. The maximum absolute atomic E-state index is 13.0. The van der Waals surface area contributed by atoms with Gasteiger partial charge in [-0.3, -0.25) is 0 Å². The Morgan fingerprint density at radius 1 is 1.17 bits per heavy atom. The number of hydrogen-bond acceptors (Lipinski definition) is 5. The van der Waals surface area contributed by atoms with Crippen molar-refractivity contribution in [2.45, 2.75) is 17.3 Å². The lowest BCUT2D eigenvalue weighted by Gasteiger charge is -2.04. The fourth-order valence-electron chi connectivity index (χ4n) is 2.85. The first-order valence-electron chi connectivity index (χ1n) is 8.57. The summed E-state index contributed by atoms with van der Waals surface area (Å²) in [5.41, 5.74) is 1.36. The minimum absolute atomic E-state index is 0.235. The van der Waals surface area contributed by atoms with Gasteiger partial charge in [-0.1, -0.05) is 30.7 Å². The normalized spacial score (nSPS) is 12.1. The van der Waals surface area contributed by atoms with Crippen molar-refractivity contribution in [2.24, 2.45) is 7.05 Å². The Labute approximate surface area is 177 Å². The van der Waals surface area contributed by atoms with E-state index in [9.17, 15) is 13.2 Å². The van der Waals surface area contributed by atoms with Crippen molar-refractivity contribution in [3.8, 4) is 22.1 Å². The van der Waals surface area contributed by atoms with Crippen LogP contribution >= 0.6 is 34.7 Å². The number of benzene rings is 1. The van der Waals surface area contributed by atoms with Crippen LogP contribution in [0.15, 0.2) is 40.7 Å². The second-order valence-electron chi connectivity index (χ2n) is 6.15. The van der Waals surface area contributed by atoms with Crippen LogP contribution in [0.25, 0.3) is 33.1 Å². The first kappa shape index (κ1) is 20.2. The third-order valence-corrected chi connectivity index (χ3v) is 6.73. The number of rotatable bonds is 4. The molecular formula is C19H14ClF3N4S2. The van der Waals surface area contributed by atoms with Crippen LogP contribution in [-0.2, 0) is 13.2 Å². The SMILES string of the molecule is CCSc1sc(-c2ccc(Cl)cc2)nc1-c1nc2cc(C(F)(F)F)ncc2n1C. The molecule has 1 aromatic carbocycles. The molecule has 0 unspecified atom stereocenters. The number of aromatic nitrogens is 4. The predicted molar refractivity (Wildman–Crippen MR) is 111 cm³/mol. The lowest BCUT2D eigenvalue weighted by Crippen LogP contribution is -2.07. The molecule has 0 radical (unpaired) electrons. The molecule has 0 fully saturated rings. The molecule has 0 aliphatic carbocycles. The van der Waals surface area contributed by atoms with Crippen LogP contribution in [0.1, 0.15) is 12.6 Å². The van der Waals surface area contributed by atoms with Gasteiger partial charge in [0.15, 0.2) is 5.82 Å². The van der Waals surface area contributed by atoms with E-state index < -0.39 is 11.9 Å². The van der Waals surface area contributed by atoms with Crippen molar-refractivity contribution < 1.29 is 13.2 Å². The molecule has 0 amide bonds. The highest BCUT2D eigenvalue weighted by molar-refractivity contribution is 8.01. The Morgan fingerprint density at radius 2 is 1.90 bits per heavy atom. The number of halogens is 4. The predicted octanol–water partition coefficient (Wildman–Crippen LogP) is 6.54. The Kier molecular flexibility index (Phi) is 5.30. The maximum atomic E-state index is 13.0. The standard InChI is InChI=1S/C19H14ClF3N4S2/c1-3-28-18-15(26-17(29-18)10-4-6-11(20)7-5-10)16-25-12-8-14(19(21,22)23)24-9-13(12)27(16)2/h4-9H,3H2,1-2H3. The van der Waals surface area contributed by atoms with Gasteiger partial charge in [0.25, 0.3) is 0 Å². The summed E-state index contributed by atoms with van der Waals surface area (Å²) in [5.74, 6) is 1.34. The highest BCUT2D eigenvalue weighted by atomic mass is 35.5. The molecule has 0 aliphatic heterocycles. The van der Waals surface area contributed by atoms with Crippen molar-refractivity contribution in [2.75, 3.05) is 5.75 Å². The van der Waals surface area contributed by atoms with Crippen LogP contribution in [0.3, 0.4) is 0 Å². The average molecular weight is 455 g/mol. The second kappa shape index (κ2) is 7.62. The summed E-state index contributed by atoms with van der Waals surface area (Å²) in [6, 6.07) is 8.34. The lowest BCUT2D eigenvalue weighted by molar-refractivity contribution is -0.141. The quantitative estimate of drug-likeness (QED) is 0.328. The van der Waals surface area contributed by atoms with Crippen molar-refractivity contribution in [1.82, 2.24) is 19.5 Å². The van der Waals surface area contributed by atoms with E-state index in [1.165, 1.54) is 17.5 Å². The minimum Gasteiger partial charge on any atom is -0.324 e. The molecule has 3 aromatic heterocycles. The summed E-state index contributed by atoms with van der Waals surface area (Å²) < 4.78 is 41.7. The highest BCUT2D eigenvalue weighted by Gasteiger charge is 2.33. The zero-order valence-corrected chi connectivity index (χ0v) is 17.7. The number of imidazole rings is 1. The van der Waals surface area contributed by atoms with Crippen molar-refractivity contribution in [3.05, 3.63) is 47.2 Å². The topological polar surface area (TPSA) is 43.6 Å². The van der Waals surface area contributed by atoms with Crippen LogP contribution in [-0.4, -0.2) is 25.3 Å². The van der Waals surface area contributed by atoms with Crippen LogP contribution in [0.5, 0.6) is 0 Å². The number of alkyl halides is 3. The van der Waals surface area contributed by atoms with Crippen LogP contribution < -0.4 is 0 Å². The fraction of sp³-hybridized carbons (Fsp3) is 0.211. The number of nitrogens with zero attached hydrogens (tertiary/aromatic N) is 4. The molecule has 4 nitrogen and oxygen atoms in total. The number of aryl methyl sites for hydroxylation is 1. The maximum Gasteiger partial charge on any atom is 0.433 e. The molecule has 0 atom stereocenters. The van der Waals surface area contributed by atoms with Gasteiger partial charge in [-0.05, 0) is 24.0 Å². The fourth-order valence-corrected chi connectivity index (χ4v) is 5.14. The van der Waals surface area contributed by atoms with Crippen molar-refractivity contribution in [3.63, 3.8) is 0 Å². The van der Waals surface area contributed by atoms with Crippen LogP contribution in [0.2, 0.25) is 5.02 Å². The molecule has 150 valence electrons. The summed E-state index contributed by atoms with van der Waals surface area (Å²) in [5, 5.41) is 1.44. The van der Waals surface area contributed by atoms with E-state index in [1.807, 2.05) is 19.1 Å². The number of hydrogen-bond donors (Lipinski definition) is 0. The van der Waals surface area contributed by atoms with E-state index in [4.69, 9.17) is 16.6 Å². The Bertz CT molecular complexity index is 1180. The number of pyridine rings is 1. The van der Waals surface area contributed by atoms with Gasteiger partial charge in [-0.2, -0.15) is 13.2 Å². The minimum atomic E-state index is -4.52. The van der Waals surface area contributed by atoms with Gasteiger partial charge in [0.2, 0.25) is 0 Å². The summed E-state index contributed by atoms with van der Waals surface area (Å²) in [4.78, 5) is 12.8. The van der Waals surface area contributed by atoms with Crippen molar-refractivity contribution in [1.29, 1.82) is 0 Å². The van der Waals surface area contributed by atoms with E-state index >= 15 is 0 Å². The van der Waals surface area contributed by atoms with Gasteiger partial charge in [0.1, 0.15) is 16.4 Å². The molecule has 0 bridgehead atoms. The Balaban J connectivity index is 1.85. The highest BCUT2D eigenvalue weighted by Crippen LogP contribution is 2.40. The first-order chi connectivity index (χ1) is 13.8. The molecule has 0 aliphatic rings. The smallest absolute Gasteiger partial charge is 0.324 e. The van der Waals surface area contributed by atoms with Crippen LogP contribution in [0, 0.1) is 0 Å². The van der Waals surface area contributed by atoms with E-state index in [2.05, 4.69) is 9.97 Å². The molecule has 0 saturated carbocycles. The molecule has 3 heterocycles. The molecule has 29 heavy (non-hydrogen) atoms. The van der Waals surface area contributed by atoms with Gasteiger partial charge >= 0.3 is 6.18 Å². The van der Waals surface area contributed by atoms with Gasteiger partial charge in [0.05, 0.1) is 21.4 Å².